The number of alkyl halides is 2. The first-order valence-electron chi connectivity index (χ1n) is 14.4. The van der Waals surface area contributed by atoms with Crippen LogP contribution < -0.4 is 0 Å². The first-order valence-corrected chi connectivity index (χ1v) is 14.4. The van der Waals surface area contributed by atoms with Gasteiger partial charge in [-0.05, 0) is 94.3 Å². The van der Waals surface area contributed by atoms with Gasteiger partial charge in [0.25, 0.3) is 0 Å². The van der Waals surface area contributed by atoms with Crippen LogP contribution >= 0.6 is 0 Å². The van der Waals surface area contributed by atoms with Crippen LogP contribution in [-0.2, 0) is 4.74 Å². The maximum Gasteiger partial charge on any atom is 0.159 e. The second kappa shape index (κ2) is 12.8. The Labute approximate surface area is 212 Å². The summed E-state index contributed by atoms with van der Waals surface area (Å²) < 4.78 is 36.8. The van der Waals surface area contributed by atoms with E-state index in [-0.39, 0.29) is 21.7 Å². The molecule has 0 amide bonds. The summed E-state index contributed by atoms with van der Waals surface area (Å²) in [5, 5.41) is 0. The summed E-state index contributed by atoms with van der Waals surface area (Å²) in [7, 11) is 0. The first-order chi connectivity index (χ1) is 15.4. The third-order valence-corrected chi connectivity index (χ3v) is 10.4. The molecular formula is C30H60F2O2. The molecule has 1 spiro atoms. The summed E-state index contributed by atoms with van der Waals surface area (Å²) in [6.07, 6.45) is 17.7. The Kier molecular flexibility index (Phi) is 11.3. The van der Waals surface area contributed by atoms with Crippen molar-refractivity contribution < 1.29 is 21.8 Å². The van der Waals surface area contributed by atoms with Gasteiger partial charge in [0.05, 0.1) is 0 Å². The van der Waals surface area contributed by atoms with E-state index in [0.29, 0.717) is 18.8 Å². The summed E-state index contributed by atoms with van der Waals surface area (Å²) >= 11 is 0. The third-order valence-electron chi connectivity index (χ3n) is 10.4. The lowest BCUT2D eigenvalue weighted by Gasteiger charge is -2.43. The fourth-order valence-electron chi connectivity index (χ4n) is 8.28. The highest BCUT2D eigenvalue weighted by Gasteiger charge is 2.76. The minimum Gasteiger partial charge on any atom is -0.412 e. The molecule has 0 aromatic heterocycles. The predicted octanol–water partition coefficient (Wildman–Crippen LogP) is 9.29. The van der Waals surface area contributed by atoms with E-state index in [1.807, 2.05) is 6.92 Å². The second-order valence-electron chi connectivity index (χ2n) is 12.3. The molecule has 3 aliphatic carbocycles. The molecule has 1 saturated heterocycles. The predicted molar refractivity (Wildman–Crippen MR) is 144 cm³/mol. The Hall–Kier alpha value is -0.220. The van der Waals surface area contributed by atoms with Crippen LogP contribution in [0.4, 0.5) is 8.78 Å². The van der Waals surface area contributed by atoms with Gasteiger partial charge in [-0.15, -0.1) is 0 Å². The quantitative estimate of drug-likeness (QED) is 0.234. The number of ether oxygens (including phenoxy) is 1. The van der Waals surface area contributed by atoms with Crippen molar-refractivity contribution in [1.29, 1.82) is 0 Å². The molecule has 4 heteroatoms. The van der Waals surface area contributed by atoms with Crippen molar-refractivity contribution in [2.75, 3.05) is 0 Å². The maximum atomic E-state index is 15.5. The van der Waals surface area contributed by atoms with Gasteiger partial charge in [-0.25, -0.2) is 8.78 Å². The van der Waals surface area contributed by atoms with Crippen molar-refractivity contribution in [2.24, 2.45) is 29.6 Å². The zero-order valence-electron chi connectivity index (χ0n) is 21.7. The van der Waals surface area contributed by atoms with Gasteiger partial charge in [-0.1, -0.05) is 72.6 Å². The van der Waals surface area contributed by atoms with E-state index in [4.69, 9.17) is 4.74 Å². The normalized spacial score (nSPS) is 44.2. The van der Waals surface area contributed by atoms with Crippen molar-refractivity contribution in [3.63, 3.8) is 0 Å². The molecule has 1 heterocycles. The molecule has 0 aromatic rings. The smallest absolute Gasteiger partial charge is 0.159 e. The topological polar surface area (TPSA) is 44.0 Å². The Morgan fingerprint density at radius 2 is 1.24 bits per heavy atom. The molecule has 3 saturated carbocycles. The molecule has 3 atom stereocenters. The summed E-state index contributed by atoms with van der Waals surface area (Å²) in [5.74, 6) is 3.54. The van der Waals surface area contributed by atoms with E-state index in [1.54, 1.807) is 0 Å². The Bertz CT molecular complexity index is 581. The van der Waals surface area contributed by atoms with Crippen LogP contribution in [0.25, 0.3) is 0 Å². The summed E-state index contributed by atoms with van der Waals surface area (Å²) in [6, 6.07) is 0. The fraction of sp³-hybridized carbons (Fsp3) is 1.00. The van der Waals surface area contributed by atoms with Gasteiger partial charge in [-0.3, -0.25) is 0 Å². The number of rotatable bonds is 9. The molecular weight excluding hydrogens is 430 g/mol. The minimum absolute atomic E-state index is 0. The SMILES string of the molecule is C.CCCCCCC1(C)OC12C(F)CC(C1CCC(C3CCC(CCC)CC3)CC1)CC2F.O.[HH].[HH]. The van der Waals surface area contributed by atoms with Crippen LogP contribution in [0.1, 0.15) is 140 Å². The van der Waals surface area contributed by atoms with Crippen LogP contribution in [0, 0.1) is 29.6 Å². The van der Waals surface area contributed by atoms with Crippen LogP contribution in [0.5, 0.6) is 0 Å². The van der Waals surface area contributed by atoms with Crippen molar-refractivity contribution >= 4 is 0 Å². The molecule has 0 aromatic carbocycles. The number of hydrogen-bond acceptors (Lipinski definition) is 1. The van der Waals surface area contributed by atoms with E-state index in [2.05, 4.69) is 13.8 Å². The highest BCUT2D eigenvalue weighted by molar-refractivity contribution is 5.23. The van der Waals surface area contributed by atoms with Gasteiger partial charge in [0.1, 0.15) is 17.9 Å². The molecule has 4 rings (SSSR count). The Morgan fingerprint density at radius 3 is 1.74 bits per heavy atom. The zero-order chi connectivity index (χ0) is 22.8. The van der Waals surface area contributed by atoms with Crippen molar-refractivity contribution in [1.82, 2.24) is 0 Å². The van der Waals surface area contributed by atoms with Crippen LogP contribution in [-0.4, -0.2) is 29.0 Å². The lowest BCUT2D eigenvalue weighted by molar-refractivity contribution is -0.0107. The fourth-order valence-corrected chi connectivity index (χ4v) is 8.28. The van der Waals surface area contributed by atoms with Crippen molar-refractivity contribution in [2.45, 2.75) is 161 Å². The average Bonchev–Trinajstić information content (AvgIpc) is 3.43. The van der Waals surface area contributed by atoms with E-state index in [0.717, 1.165) is 37.0 Å². The maximum absolute atomic E-state index is 15.5. The minimum atomic E-state index is -1.13. The monoisotopic (exact) mass is 490 g/mol. The van der Waals surface area contributed by atoms with Crippen molar-refractivity contribution in [3.8, 4) is 0 Å². The van der Waals surface area contributed by atoms with Crippen molar-refractivity contribution in [3.05, 3.63) is 0 Å². The number of halogens is 2. The summed E-state index contributed by atoms with van der Waals surface area (Å²) in [6.45, 7) is 6.48. The highest BCUT2D eigenvalue weighted by atomic mass is 19.1. The highest BCUT2D eigenvalue weighted by Crippen LogP contribution is 2.62. The molecule has 1 aliphatic heterocycles. The average molecular weight is 491 g/mol. The van der Waals surface area contributed by atoms with E-state index >= 15 is 8.78 Å². The van der Waals surface area contributed by atoms with Gasteiger partial charge < -0.3 is 10.2 Å². The molecule has 0 bridgehead atoms. The number of unbranched alkanes of at least 4 members (excludes halogenated alkanes) is 3. The molecule has 206 valence electrons. The summed E-state index contributed by atoms with van der Waals surface area (Å²) in [4.78, 5) is 0. The van der Waals surface area contributed by atoms with E-state index in [1.165, 1.54) is 77.0 Å². The first kappa shape index (κ1) is 30.0. The van der Waals surface area contributed by atoms with Crippen LogP contribution in [0.3, 0.4) is 0 Å². The Morgan fingerprint density at radius 1 is 0.735 bits per heavy atom. The lowest BCUT2D eigenvalue weighted by atomic mass is 9.63. The van der Waals surface area contributed by atoms with Gasteiger partial charge in [-0.2, -0.15) is 0 Å². The zero-order valence-corrected chi connectivity index (χ0v) is 21.7. The Balaban J connectivity index is 0.00000306. The number of hydrogen-bond donors (Lipinski definition) is 0. The van der Waals surface area contributed by atoms with Gasteiger partial charge in [0, 0.05) is 2.85 Å². The molecule has 0 radical (unpaired) electrons. The van der Waals surface area contributed by atoms with E-state index < -0.39 is 23.5 Å². The molecule has 4 aliphatic rings. The lowest BCUT2D eigenvalue weighted by Crippen LogP contribution is -2.49. The summed E-state index contributed by atoms with van der Waals surface area (Å²) in [5.41, 5.74) is -1.69. The van der Waals surface area contributed by atoms with Gasteiger partial charge in [0.2, 0.25) is 0 Å². The van der Waals surface area contributed by atoms with Gasteiger partial charge >= 0.3 is 0 Å². The molecule has 34 heavy (non-hydrogen) atoms. The molecule has 2 nitrogen and oxygen atoms in total. The standard InChI is InChI=1S/C29H50F2O.CH4.H2O.2H2/c1-4-6-7-8-18-28(3)29(32-28)26(30)19-25(20-27(29)31)24-16-14-23(15-17-24)22-12-10-21(9-5-2)11-13-22;;;;/h21-27H,4-20H2,1-3H3;1H4;1H2;2*1H. The number of epoxide rings is 1. The van der Waals surface area contributed by atoms with Gasteiger partial charge in [0.15, 0.2) is 5.60 Å². The van der Waals surface area contributed by atoms with Crippen LogP contribution in [0.2, 0.25) is 0 Å². The third kappa shape index (κ3) is 6.01. The second-order valence-corrected chi connectivity index (χ2v) is 12.3. The largest absolute Gasteiger partial charge is 0.412 e. The molecule has 2 N–H and O–H groups in total. The van der Waals surface area contributed by atoms with E-state index in [9.17, 15) is 0 Å². The molecule has 4 fully saturated rings. The van der Waals surface area contributed by atoms with Crippen LogP contribution in [0.15, 0.2) is 0 Å². The molecule has 3 unspecified atom stereocenters.